The molecule has 0 unspecified atom stereocenters. The molecule has 0 radical (unpaired) electrons. The van der Waals surface area contributed by atoms with Crippen LogP contribution < -0.4 is 0 Å². The lowest BCUT2D eigenvalue weighted by Gasteiger charge is -2.13. The lowest BCUT2D eigenvalue weighted by atomic mass is 10.1. The molecule has 1 aromatic carbocycles. The van der Waals surface area contributed by atoms with Gasteiger partial charge in [0.25, 0.3) is 0 Å². The van der Waals surface area contributed by atoms with Gasteiger partial charge in [-0.2, -0.15) is 0 Å². The highest BCUT2D eigenvalue weighted by Gasteiger charge is 2.18. The van der Waals surface area contributed by atoms with Crippen molar-refractivity contribution < 1.29 is 15.0 Å². The maximum absolute atomic E-state index is 11.2. The van der Waals surface area contributed by atoms with E-state index in [1.54, 1.807) is 18.2 Å². The second-order valence-electron chi connectivity index (χ2n) is 6.19. The fraction of sp³-hybridized carbons (Fsp3) is 0.278. The number of rotatable bonds is 5. The van der Waals surface area contributed by atoms with E-state index in [0.29, 0.717) is 15.8 Å². The molecule has 0 spiro atoms. The van der Waals surface area contributed by atoms with Crippen LogP contribution in [0.4, 0.5) is 0 Å². The van der Waals surface area contributed by atoms with E-state index in [9.17, 15) is 15.0 Å². The Hall–Kier alpha value is -1.98. The summed E-state index contributed by atoms with van der Waals surface area (Å²) in [6.45, 7) is 5.10. The number of phenolic OH excluding ortho intramolecular Hbond substituents is 1. The molecule has 0 aliphatic carbocycles. The summed E-state index contributed by atoms with van der Waals surface area (Å²) < 4.78 is 3.05. The second-order valence-corrected chi connectivity index (χ2v) is 7.68. The van der Waals surface area contributed by atoms with Crippen LogP contribution in [0.25, 0.3) is 21.5 Å². The van der Waals surface area contributed by atoms with Crippen molar-refractivity contribution >= 4 is 39.1 Å². The third-order valence-corrected chi connectivity index (χ3v) is 5.33. The van der Waals surface area contributed by atoms with Crippen LogP contribution in [0.1, 0.15) is 29.9 Å². The van der Waals surface area contributed by atoms with E-state index in [0.717, 1.165) is 34.4 Å². The Labute approximate surface area is 148 Å². The van der Waals surface area contributed by atoms with Crippen molar-refractivity contribution in [1.29, 1.82) is 0 Å². The van der Waals surface area contributed by atoms with Crippen LogP contribution in [0, 0.1) is 5.92 Å². The Bertz CT molecular complexity index is 911. The number of carbonyl (C=O) groups is 1. The third kappa shape index (κ3) is 3.14. The summed E-state index contributed by atoms with van der Waals surface area (Å²) in [4.78, 5) is 11.6. The first kappa shape index (κ1) is 16.9. The molecule has 3 rings (SSSR count). The lowest BCUT2D eigenvalue weighted by molar-refractivity contribution is 0.0702. The molecule has 0 aliphatic heterocycles. The predicted molar refractivity (Wildman–Crippen MR) is 98.3 cm³/mol. The van der Waals surface area contributed by atoms with E-state index in [1.165, 1.54) is 17.4 Å². The molecule has 2 heterocycles. The Morgan fingerprint density at radius 2 is 2.04 bits per heavy atom. The highest BCUT2D eigenvalue weighted by molar-refractivity contribution is 7.20. The van der Waals surface area contributed by atoms with Gasteiger partial charge in [-0.05, 0) is 42.7 Å². The molecule has 4 nitrogen and oxygen atoms in total. The summed E-state index contributed by atoms with van der Waals surface area (Å²) in [7, 11) is 0. The standard InChI is InChI=1S/C18H18ClNO3S/c1-10(2)5-6-20-14(12-4-3-11(21)7-13(12)19)8-16-15(20)9-17(24-16)18(22)23/h3-4,7-10,21H,5-6H2,1-2H3,(H,22,23). The van der Waals surface area contributed by atoms with Gasteiger partial charge in [-0.1, -0.05) is 25.4 Å². The number of halogens is 1. The number of thiophene rings is 1. The first-order valence-corrected chi connectivity index (χ1v) is 8.91. The number of hydrogen-bond donors (Lipinski definition) is 2. The average Bonchev–Trinajstić information content (AvgIpc) is 3.03. The molecule has 3 aromatic rings. The Kier molecular flexibility index (Phi) is 4.56. The zero-order valence-electron chi connectivity index (χ0n) is 13.4. The first-order chi connectivity index (χ1) is 11.4. The summed E-state index contributed by atoms with van der Waals surface area (Å²) in [5.74, 6) is -0.252. The predicted octanol–water partition coefficient (Wildman–Crippen LogP) is 5.47. The van der Waals surface area contributed by atoms with Crippen molar-refractivity contribution in [3.8, 4) is 17.0 Å². The molecule has 0 atom stereocenters. The molecule has 0 aliphatic rings. The molecule has 2 aromatic heterocycles. The number of fused-ring (bicyclic) bond motifs is 1. The van der Waals surface area contributed by atoms with Crippen LogP contribution in [0.3, 0.4) is 0 Å². The van der Waals surface area contributed by atoms with Gasteiger partial charge in [-0.25, -0.2) is 4.79 Å². The van der Waals surface area contributed by atoms with Gasteiger partial charge in [-0.3, -0.25) is 0 Å². The molecule has 6 heteroatoms. The molecule has 2 N–H and O–H groups in total. The summed E-state index contributed by atoms with van der Waals surface area (Å²) >= 11 is 7.58. The number of benzene rings is 1. The van der Waals surface area contributed by atoms with Crippen molar-refractivity contribution in [1.82, 2.24) is 4.57 Å². The van der Waals surface area contributed by atoms with Gasteiger partial charge >= 0.3 is 5.97 Å². The summed E-state index contributed by atoms with van der Waals surface area (Å²) in [5.41, 5.74) is 2.69. The topological polar surface area (TPSA) is 62.5 Å². The summed E-state index contributed by atoms with van der Waals surface area (Å²) in [5, 5.41) is 19.3. The van der Waals surface area contributed by atoms with E-state index in [2.05, 4.69) is 18.4 Å². The van der Waals surface area contributed by atoms with Gasteiger partial charge in [0.05, 0.1) is 20.9 Å². The van der Waals surface area contributed by atoms with Gasteiger partial charge < -0.3 is 14.8 Å². The number of hydrogen-bond acceptors (Lipinski definition) is 3. The molecule has 126 valence electrons. The fourth-order valence-electron chi connectivity index (χ4n) is 2.71. The number of aryl methyl sites for hydroxylation is 1. The van der Waals surface area contributed by atoms with Crippen LogP contribution in [0.5, 0.6) is 5.75 Å². The van der Waals surface area contributed by atoms with E-state index in [-0.39, 0.29) is 5.75 Å². The smallest absolute Gasteiger partial charge is 0.345 e. The minimum absolute atomic E-state index is 0.124. The van der Waals surface area contributed by atoms with Gasteiger partial charge in [0, 0.05) is 12.1 Å². The molecular formula is C18H18ClNO3S. The number of aromatic carboxylic acids is 1. The lowest BCUT2D eigenvalue weighted by Crippen LogP contribution is -2.03. The first-order valence-electron chi connectivity index (χ1n) is 7.72. The zero-order valence-corrected chi connectivity index (χ0v) is 15.0. The van der Waals surface area contributed by atoms with E-state index >= 15 is 0 Å². The Morgan fingerprint density at radius 3 is 2.67 bits per heavy atom. The molecule has 0 bridgehead atoms. The van der Waals surface area contributed by atoms with E-state index in [1.807, 2.05) is 6.07 Å². The zero-order chi connectivity index (χ0) is 17.4. The maximum atomic E-state index is 11.2. The minimum Gasteiger partial charge on any atom is -0.508 e. The van der Waals surface area contributed by atoms with Crippen LogP contribution in [-0.4, -0.2) is 20.7 Å². The molecule has 0 fully saturated rings. The number of aromatic hydroxyl groups is 1. The molecule has 0 amide bonds. The van der Waals surface area contributed by atoms with Crippen molar-refractivity contribution in [2.24, 2.45) is 5.92 Å². The van der Waals surface area contributed by atoms with Gasteiger partial charge in [0.15, 0.2) is 0 Å². The largest absolute Gasteiger partial charge is 0.508 e. The molecular weight excluding hydrogens is 346 g/mol. The Balaban J connectivity index is 2.16. The molecule has 0 saturated carbocycles. The van der Waals surface area contributed by atoms with Crippen molar-refractivity contribution in [3.63, 3.8) is 0 Å². The van der Waals surface area contributed by atoms with Gasteiger partial charge in [0.2, 0.25) is 0 Å². The SMILES string of the molecule is CC(C)CCn1c(-c2ccc(O)cc2Cl)cc2sc(C(=O)O)cc21. The normalized spacial score (nSPS) is 11.5. The highest BCUT2D eigenvalue weighted by atomic mass is 35.5. The van der Waals surface area contributed by atoms with Crippen molar-refractivity contribution in [2.75, 3.05) is 0 Å². The van der Waals surface area contributed by atoms with Gasteiger partial charge in [0.1, 0.15) is 10.6 Å². The molecule has 24 heavy (non-hydrogen) atoms. The van der Waals surface area contributed by atoms with E-state index in [4.69, 9.17) is 11.6 Å². The van der Waals surface area contributed by atoms with Gasteiger partial charge in [-0.15, -0.1) is 11.3 Å². The highest BCUT2D eigenvalue weighted by Crippen LogP contribution is 2.38. The fourth-order valence-corrected chi connectivity index (χ4v) is 3.92. The monoisotopic (exact) mass is 363 g/mol. The quantitative estimate of drug-likeness (QED) is 0.631. The van der Waals surface area contributed by atoms with Crippen LogP contribution >= 0.6 is 22.9 Å². The third-order valence-electron chi connectivity index (χ3n) is 3.96. The average molecular weight is 364 g/mol. The maximum Gasteiger partial charge on any atom is 0.345 e. The summed E-state index contributed by atoms with van der Waals surface area (Å²) in [6.07, 6.45) is 0.977. The number of carboxylic acids is 1. The number of nitrogens with zero attached hydrogens (tertiary/aromatic N) is 1. The second kappa shape index (κ2) is 6.49. The Morgan fingerprint density at radius 1 is 1.29 bits per heavy atom. The number of aromatic nitrogens is 1. The number of phenols is 1. The minimum atomic E-state index is -0.907. The van der Waals surface area contributed by atoms with Crippen LogP contribution in [0.15, 0.2) is 30.3 Å². The van der Waals surface area contributed by atoms with Crippen LogP contribution in [-0.2, 0) is 6.54 Å². The van der Waals surface area contributed by atoms with Crippen LogP contribution in [0.2, 0.25) is 5.02 Å². The van der Waals surface area contributed by atoms with Crippen molar-refractivity contribution in [2.45, 2.75) is 26.8 Å². The van der Waals surface area contributed by atoms with E-state index < -0.39 is 5.97 Å². The summed E-state index contributed by atoms with van der Waals surface area (Å²) in [6, 6.07) is 8.62. The van der Waals surface area contributed by atoms with Crippen molar-refractivity contribution in [3.05, 3.63) is 40.2 Å². The molecule has 0 saturated heterocycles. The number of carboxylic acid groups (broad SMARTS) is 1.